The molecule has 146 valence electrons. The van der Waals surface area contributed by atoms with Gasteiger partial charge in [0.1, 0.15) is 5.82 Å². The summed E-state index contributed by atoms with van der Waals surface area (Å²) in [6.07, 6.45) is 8.59. The van der Waals surface area contributed by atoms with Crippen LogP contribution in [0.2, 0.25) is 0 Å². The number of rotatable bonds is 3. The highest BCUT2D eigenvalue weighted by Gasteiger charge is 2.50. The molecular weight excluding hydrogens is 360 g/mol. The van der Waals surface area contributed by atoms with Crippen molar-refractivity contribution in [2.24, 2.45) is 10.4 Å². The molecule has 4 aliphatic rings. The number of hydrogen-bond acceptors (Lipinski definition) is 6. The Labute approximate surface area is 171 Å². The van der Waals surface area contributed by atoms with Gasteiger partial charge in [-0.2, -0.15) is 0 Å². The molecule has 0 bridgehead atoms. The molecule has 0 amide bonds. The molecule has 2 aromatic heterocycles. The molecule has 2 N–H and O–H groups in total. The van der Waals surface area contributed by atoms with Crippen molar-refractivity contribution < 1.29 is 1.37 Å². The zero-order valence-corrected chi connectivity index (χ0v) is 16.3. The first-order valence-electron chi connectivity index (χ1n) is 10.9. The van der Waals surface area contributed by atoms with Crippen molar-refractivity contribution in [2.45, 2.75) is 12.8 Å². The smallest absolute Gasteiger partial charge is 0.128 e. The SMILES string of the molecule is [2H]C1=C2C=C(c3ccnc(-c4ccc(N5CCNCC5)nc4)c3)N=C2C2(CC2)CN1. The zero-order valence-electron chi connectivity index (χ0n) is 17.3. The van der Waals surface area contributed by atoms with Crippen LogP contribution in [0, 0.1) is 5.41 Å². The molecule has 2 aromatic rings. The molecular formula is C23H24N6. The highest BCUT2D eigenvalue weighted by molar-refractivity contribution is 6.15. The van der Waals surface area contributed by atoms with Crippen LogP contribution < -0.4 is 15.5 Å². The molecule has 1 spiro atoms. The highest BCUT2D eigenvalue weighted by Crippen LogP contribution is 2.52. The molecule has 1 aliphatic carbocycles. The second kappa shape index (κ2) is 6.52. The van der Waals surface area contributed by atoms with Gasteiger partial charge in [-0.3, -0.25) is 9.98 Å². The van der Waals surface area contributed by atoms with Crippen molar-refractivity contribution in [1.29, 1.82) is 0 Å². The molecule has 6 rings (SSSR count). The van der Waals surface area contributed by atoms with E-state index >= 15 is 0 Å². The van der Waals surface area contributed by atoms with Gasteiger partial charge in [-0.1, -0.05) is 0 Å². The van der Waals surface area contributed by atoms with Crippen LogP contribution in [0.15, 0.2) is 59.5 Å². The fourth-order valence-corrected chi connectivity index (χ4v) is 4.39. The summed E-state index contributed by atoms with van der Waals surface area (Å²) < 4.78 is 8.25. The number of pyridine rings is 2. The normalized spacial score (nSPS) is 22.6. The molecule has 5 heterocycles. The van der Waals surface area contributed by atoms with Crippen LogP contribution in [0.5, 0.6) is 0 Å². The molecule has 29 heavy (non-hydrogen) atoms. The standard InChI is InChI=1S/C23H24N6/c1-2-21(29-9-7-24-8-10-29)27-14-17(1)19-11-16(3-6-26-19)20-12-18-13-25-15-23(4-5-23)22(18)28-20/h1-3,6,11-14,24-25H,4-5,7-10,15H2/i13D. The van der Waals surface area contributed by atoms with Gasteiger partial charge in [0.15, 0.2) is 0 Å². The highest BCUT2D eigenvalue weighted by atomic mass is 15.2. The van der Waals surface area contributed by atoms with Crippen LogP contribution in [0.25, 0.3) is 17.0 Å². The number of aliphatic imine (C=N–C) groups is 1. The lowest BCUT2D eigenvalue weighted by Gasteiger charge is -2.28. The second-order valence-electron chi connectivity index (χ2n) is 8.23. The van der Waals surface area contributed by atoms with Crippen molar-refractivity contribution in [3.63, 3.8) is 0 Å². The summed E-state index contributed by atoms with van der Waals surface area (Å²) in [6.45, 7) is 4.80. The molecule has 0 radical (unpaired) electrons. The Bertz CT molecular complexity index is 1090. The van der Waals surface area contributed by atoms with E-state index in [2.05, 4.69) is 49.8 Å². The molecule has 0 aromatic carbocycles. The summed E-state index contributed by atoms with van der Waals surface area (Å²) in [7, 11) is 0. The van der Waals surface area contributed by atoms with Crippen molar-refractivity contribution >= 4 is 17.2 Å². The van der Waals surface area contributed by atoms with Gasteiger partial charge in [0, 0.05) is 73.4 Å². The van der Waals surface area contributed by atoms with E-state index in [1.54, 1.807) is 0 Å². The predicted molar refractivity (Wildman–Crippen MR) is 116 cm³/mol. The minimum Gasteiger partial charge on any atom is -0.389 e. The van der Waals surface area contributed by atoms with Gasteiger partial charge in [0.05, 0.1) is 18.5 Å². The topological polar surface area (TPSA) is 65.4 Å². The first kappa shape index (κ1) is 15.9. The van der Waals surface area contributed by atoms with Crippen LogP contribution in [-0.2, 0) is 0 Å². The maximum atomic E-state index is 8.25. The molecule has 1 saturated heterocycles. The first-order valence-corrected chi connectivity index (χ1v) is 10.4. The summed E-state index contributed by atoms with van der Waals surface area (Å²) in [5, 5.41) is 6.61. The molecule has 0 atom stereocenters. The van der Waals surface area contributed by atoms with Gasteiger partial charge >= 0.3 is 0 Å². The number of allylic oxidation sites excluding steroid dienone is 2. The van der Waals surface area contributed by atoms with E-state index in [9.17, 15) is 0 Å². The number of nitrogens with zero attached hydrogens (tertiary/aromatic N) is 4. The molecule has 2 fully saturated rings. The largest absolute Gasteiger partial charge is 0.389 e. The first-order chi connectivity index (χ1) is 14.7. The van der Waals surface area contributed by atoms with Crippen LogP contribution in [0.1, 0.15) is 19.8 Å². The molecule has 0 unspecified atom stereocenters. The Kier molecular flexibility index (Phi) is 3.57. The van der Waals surface area contributed by atoms with Crippen LogP contribution in [-0.4, -0.2) is 48.4 Å². The van der Waals surface area contributed by atoms with Gasteiger partial charge in [-0.15, -0.1) is 0 Å². The number of anilines is 1. The van der Waals surface area contributed by atoms with Crippen molar-refractivity contribution in [3.8, 4) is 11.3 Å². The van der Waals surface area contributed by atoms with Gasteiger partial charge < -0.3 is 15.5 Å². The summed E-state index contributed by atoms with van der Waals surface area (Å²) in [4.78, 5) is 16.5. The quantitative estimate of drug-likeness (QED) is 0.850. The summed E-state index contributed by atoms with van der Waals surface area (Å²) in [5.41, 5.74) is 6.05. The number of fused-ring (bicyclic) bond motifs is 2. The average Bonchev–Trinajstić information content (AvgIpc) is 3.44. The lowest BCUT2D eigenvalue weighted by molar-refractivity contribution is 0.585. The molecule has 3 aliphatic heterocycles. The number of piperazine rings is 1. The Morgan fingerprint density at radius 1 is 1.07 bits per heavy atom. The molecule has 6 nitrogen and oxygen atoms in total. The lowest BCUT2D eigenvalue weighted by atomic mass is 9.92. The van der Waals surface area contributed by atoms with E-state index in [-0.39, 0.29) is 5.41 Å². The second-order valence-corrected chi connectivity index (χ2v) is 8.23. The predicted octanol–water partition coefficient (Wildman–Crippen LogP) is 2.62. The van der Waals surface area contributed by atoms with Crippen molar-refractivity contribution in [2.75, 3.05) is 37.6 Å². The number of hydrogen-bond donors (Lipinski definition) is 2. The van der Waals surface area contributed by atoms with Crippen molar-refractivity contribution in [3.05, 3.63) is 60.0 Å². The van der Waals surface area contributed by atoms with Gasteiger partial charge in [-0.05, 0) is 43.2 Å². The fraction of sp³-hybridized carbons (Fsp3) is 0.348. The van der Waals surface area contributed by atoms with Crippen molar-refractivity contribution in [1.82, 2.24) is 20.6 Å². The number of aromatic nitrogens is 2. The van der Waals surface area contributed by atoms with E-state index in [4.69, 9.17) is 6.36 Å². The Morgan fingerprint density at radius 2 is 1.97 bits per heavy atom. The van der Waals surface area contributed by atoms with E-state index in [0.29, 0.717) is 6.18 Å². The third-order valence-corrected chi connectivity index (χ3v) is 6.31. The summed E-state index contributed by atoms with van der Waals surface area (Å²) >= 11 is 0. The third kappa shape index (κ3) is 2.95. The summed E-state index contributed by atoms with van der Waals surface area (Å²) in [5.74, 6) is 1.02. The lowest BCUT2D eigenvalue weighted by Crippen LogP contribution is -2.43. The van der Waals surface area contributed by atoms with Crippen LogP contribution in [0.4, 0.5) is 5.82 Å². The minimum absolute atomic E-state index is 0.151. The monoisotopic (exact) mass is 385 g/mol. The van der Waals surface area contributed by atoms with Gasteiger partial charge in [0.25, 0.3) is 0 Å². The van der Waals surface area contributed by atoms with Crippen LogP contribution >= 0.6 is 0 Å². The van der Waals surface area contributed by atoms with Gasteiger partial charge in [-0.25, -0.2) is 4.98 Å². The van der Waals surface area contributed by atoms with E-state index < -0.39 is 0 Å². The van der Waals surface area contributed by atoms with Gasteiger partial charge in [0.2, 0.25) is 0 Å². The maximum absolute atomic E-state index is 8.25. The Hall–Kier alpha value is -2.99. The summed E-state index contributed by atoms with van der Waals surface area (Å²) in [6, 6.07) is 8.25. The minimum atomic E-state index is 0.151. The van der Waals surface area contributed by atoms with E-state index in [0.717, 1.165) is 85.2 Å². The fourth-order valence-electron chi connectivity index (χ4n) is 4.39. The van der Waals surface area contributed by atoms with Crippen LogP contribution in [0.3, 0.4) is 0 Å². The maximum Gasteiger partial charge on any atom is 0.128 e. The Morgan fingerprint density at radius 3 is 2.76 bits per heavy atom. The number of nitrogens with one attached hydrogen (secondary N) is 2. The molecule has 1 saturated carbocycles. The van der Waals surface area contributed by atoms with E-state index in [1.807, 2.05) is 18.5 Å². The average molecular weight is 385 g/mol. The van der Waals surface area contributed by atoms with E-state index in [1.165, 1.54) is 0 Å². The Balaban J connectivity index is 1.29. The third-order valence-electron chi connectivity index (χ3n) is 6.31. The molecule has 6 heteroatoms. The zero-order chi connectivity index (χ0) is 20.1.